The van der Waals surface area contributed by atoms with Gasteiger partial charge in [-0.3, -0.25) is 0 Å². The molecule has 2 aromatic rings. The van der Waals surface area contributed by atoms with Crippen LogP contribution in [0.2, 0.25) is 0 Å². The van der Waals surface area contributed by atoms with E-state index < -0.39 is 0 Å². The molecule has 17 heavy (non-hydrogen) atoms. The van der Waals surface area contributed by atoms with Crippen molar-refractivity contribution in [3.05, 3.63) is 46.2 Å². The van der Waals surface area contributed by atoms with Gasteiger partial charge < -0.3 is 0 Å². The van der Waals surface area contributed by atoms with Crippen LogP contribution in [0.3, 0.4) is 0 Å². The van der Waals surface area contributed by atoms with E-state index in [0.29, 0.717) is 5.92 Å². The molecule has 0 aliphatic rings. The second kappa shape index (κ2) is 5.36. The molecule has 0 amide bonds. The van der Waals surface area contributed by atoms with E-state index in [4.69, 9.17) is 0 Å². The minimum Gasteiger partial charge on any atom is -0.240 e. The van der Waals surface area contributed by atoms with Crippen molar-refractivity contribution in [2.45, 2.75) is 25.1 Å². The van der Waals surface area contributed by atoms with Gasteiger partial charge >= 0.3 is 0 Å². The van der Waals surface area contributed by atoms with Crippen LogP contribution in [0.4, 0.5) is 0 Å². The van der Waals surface area contributed by atoms with Gasteiger partial charge in [0, 0.05) is 16.0 Å². The number of benzene rings is 1. The number of rotatable bonds is 3. The van der Waals surface area contributed by atoms with Gasteiger partial charge in [-0.2, -0.15) is 5.10 Å². The third-order valence-corrected chi connectivity index (χ3v) is 3.73. The molecular formula is C13H14Br2N2. The number of alkyl halides is 1. The lowest BCUT2D eigenvalue weighted by atomic mass is 10.1. The fraction of sp³-hybridized carbons (Fsp3) is 0.308. The number of halogens is 2. The molecule has 0 aliphatic heterocycles. The van der Waals surface area contributed by atoms with E-state index in [2.05, 4.69) is 69.0 Å². The van der Waals surface area contributed by atoms with Crippen molar-refractivity contribution >= 4 is 31.9 Å². The average Bonchev–Trinajstić information content (AvgIpc) is 2.78. The molecule has 1 aromatic heterocycles. The summed E-state index contributed by atoms with van der Waals surface area (Å²) >= 11 is 7.00. The van der Waals surface area contributed by atoms with Crippen molar-refractivity contribution in [2.75, 3.05) is 0 Å². The van der Waals surface area contributed by atoms with E-state index >= 15 is 0 Å². The Morgan fingerprint density at radius 1 is 1.29 bits per heavy atom. The van der Waals surface area contributed by atoms with Crippen molar-refractivity contribution < 1.29 is 0 Å². The zero-order valence-corrected chi connectivity index (χ0v) is 13.0. The summed E-state index contributed by atoms with van der Waals surface area (Å²) in [5.74, 6) is 0.458. The molecule has 0 saturated heterocycles. The van der Waals surface area contributed by atoms with Crippen molar-refractivity contribution in [2.24, 2.45) is 0 Å². The predicted octanol–water partition coefficient (Wildman–Crippen LogP) is 4.65. The summed E-state index contributed by atoms with van der Waals surface area (Å²) in [7, 11) is 0. The van der Waals surface area contributed by atoms with Crippen LogP contribution in [0.25, 0.3) is 5.69 Å². The molecule has 0 N–H and O–H groups in total. The number of hydrogen-bond donors (Lipinski definition) is 0. The van der Waals surface area contributed by atoms with Crippen LogP contribution < -0.4 is 0 Å². The second-order valence-corrected chi connectivity index (χ2v) is 5.72. The van der Waals surface area contributed by atoms with E-state index in [1.807, 2.05) is 16.9 Å². The molecule has 0 aliphatic carbocycles. The van der Waals surface area contributed by atoms with Crippen LogP contribution >= 0.6 is 31.9 Å². The van der Waals surface area contributed by atoms with Crippen molar-refractivity contribution in [3.63, 3.8) is 0 Å². The molecule has 0 fully saturated rings. The van der Waals surface area contributed by atoms with E-state index in [1.54, 1.807) is 0 Å². The van der Waals surface area contributed by atoms with Crippen molar-refractivity contribution in [1.29, 1.82) is 0 Å². The molecule has 0 radical (unpaired) electrons. The molecule has 4 heteroatoms. The Labute approximate surface area is 118 Å². The first kappa shape index (κ1) is 12.8. The molecule has 0 saturated carbocycles. The monoisotopic (exact) mass is 356 g/mol. The average molecular weight is 358 g/mol. The Kier molecular flexibility index (Phi) is 4.05. The molecule has 0 unspecified atom stereocenters. The van der Waals surface area contributed by atoms with Crippen molar-refractivity contribution in [1.82, 2.24) is 9.78 Å². The molecule has 0 spiro atoms. The Hall–Kier alpha value is -0.610. The fourth-order valence-electron chi connectivity index (χ4n) is 1.66. The van der Waals surface area contributed by atoms with Crippen LogP contribution in [0.5, 0.6) is 0 Å². The van der Waals surface area contributed by atoms with Gasteiger partial charge in [-0.1, -0.05) is 45.7 Å². The molecular weight excluding hydrogens is 344 g/mol. The van der Waals surface area contributed by atoms with E-state index in [-0.39, 0.29) is 0 Å². The van der Waals surface area contributed by atoms with E-state index in [0.717, 1.165) is 21.2 Å². The van der Waals surface area contributed by atoms with Gasteiger partial charge in [-0.25, -0.2) is 4.68 Å². The van der Waals surface area contributed by atoms with Crippen LogP contribution in [0.15, 0.2) is 34.9 Å². The van der Waals surface area contributed by atoms with Gasteiger partial charge in [0.1, 0.15) is 0 Å². The van der Waals surface area contributed by atoms with Crippen LogP contribution in [-0.2, 0) is 5.33 Å². The molecule has 2 rings (SSSR count). The van der Waals surface area contributed by atoms with Crippen LogP contribution in [0.1, 0.15) is 31.0 Å². The van der Waals surface area contributed by atoms with Gasteiger partial charge in [-0.15, -0.1) is 0 Å². The summed E-state index contributed by atoms with van der Waals surface area (Å²) in [6.07, 6.45) is 2.02. The zero-order chi connectivity index (χ0) is 12.4. The summed E-state index contributed by atoms with van der Waals surface area (Å²) in [6, 6.07) is 8.31. The number of aromatic nitrogens is 2. The first-order chi connectivity index (χ1) is 8.11. The Morgan fingerprint density at radius 2 is 2.06 bits per heavy atom. The number of hydrogen-bond acceptors (Lipinski definition) is 1. The van der Waals surface area contributed by atoms with Crippen molar-refractivity contribution in [3.8, 4) is 5.69 Å². The summed E-state index contributed by atoms with van der Waals surface area (Å²) in [6.45, 7) is 4.30. The summed E-state index contributed by atoms with van der Waals surface area (Å²) in [5, 5.41) is 5.42. The highest BCUT2D eigenvalue weighted by Gasteiger charge is 2.08. The normalized spacial score (nSPS) is 11.1. The summed E-state index contributed by atoms with van der Waals surface area (Å²) in [4.78, 5) is 0. The molecule has 1 heterocycles. The van der Waals surface area contributed by atoms with Gasteiger partial charge in [0.15, 0.2) is 0 Å². The highest BCUT2D eigenvalue weighted by molar-refractivity contribution is 9.10. The van der Waals surface area contributed by atoms with Gasteiger partial charge in [0.25, 0.3) is 0 Å². The highest BCUT2D eigenvalue weighted by atomic mass is 79.9. The van der Waals surface area contributed by atoms with E-state index in [1.165, 1.54) is 5.56 Å². The Morgan fingerprint density at radius 3 is 2.65 bits per heavy atom. The molecule has 2 nitrogen and oxygen atoms in total. The SMILES string of the molecule is CC(C)c1ccn(-c2ccc(Br)cc2CBr)n1. The molecule has 90 valence electrons. The largest absolute Gasteiger partial charge is 0.240 e. The second-order valence-electron chi connectivity index (χ2n) is 4.25. The molecule has 0 bridgehead atoms. The highest BCUT2D eigenvalue weighted by Crippen LogP contribution is 2.23. The zero-order valence-electron chi connectivity index (χ0n) is 9.82. The smallest absolute Gasteiger partial charge is 0.0686 e. The quantitative estimate of drug-likeness (QED) is 0.731. The summed E-state index contributed by atoms with van der Waals surface area (Å²) in [5.41, 5.74) is 3.46. The lowest BCUT2D eigenvalue weighted by Gasteiger charge is -2.08. The topological polar surface area (TPSA) is 17.8 Å². The maximum Gasteiger partial charge on any atom is 0.0686 e. The first-order valence-corrected chi connectivity index (χ1v) is 7.43. The fourth-order valence-corrected chi connectivity index (χ4v) is 2.52. The van der Waals surface area contributed by atoms with Crippen LogP contribution in [-0.4, -0.2) is 9.78 Å². The lowest BCUT2D eigenvalue weighted by Crippen LogP contribution is -2.00. The van der Waals surface area contributed by atoms with E-state index in [9.17, 15) is 0 Å². The third kappa shape index (κ3) is 2.80. The van der Waals surface area contributed by atoms with Crippen LogP contribution in [0, 0.1) is 0 Å². The third-order valence-electron chi connectivity index (χ3n) is 2.63. The maximum absolute atomic E-state index is 4.60. The Bertz CT molecular complexity index is 518. The standard InChI is InChI=1S/C13H14Br2N2/c1-9(2)12-5-6-17(16-12)13-4-3-11(15)7-10(13)8-14/h3-7,9H,8H2,1-2H3. The lowest BCUT2D eigenvalue weighted by molar-refractivity contribution is 0.766. The maximum atomic E-state index is 4.60. The molecule has 1 aromatic carbocycles. The minimum absolute atomic E-state index is 0.458. The predicted molar refractivity (Wildman–Crippen MR) is 78.0 cm³/mol. The Balaban J connectivity index is 2.44. The molecule has 0 atom stereocenters. The van der Waals surface area contributed by atoms with Gasteiger partial charge in [0.2, 0.25) is 0 Å². The number of nitrogens with zero attached hydrogens (tertiary/aromatic N) is 2. The first-order valence-electron chi connectivity index (χ1n) is 5.52. The van der Waals surface area contributed by atoms with Gasteiger partial charge in [0.05, 0.1) is 11.4 Å². The summed E-state index contributed by atoms with van der Waals surface area (Å²) < 4.78 is 3.03. The van der Waals surface area contributed by atoms with Gasteiger partial charge in [-0.05, 0) is 35.7 Å². The minimum atomic E-state index is 0.458.